The highest BCUT2D eigenvalue weighted by Crippen LogP contribution is 2.20. The van der Waals surface area contributed by atoms with Gasteiger partial charge in [-0.15, -0.1) is 0 Å². The molecule has 1 aromatic carbocycles. The Balaban J connectivity index is 1.68. The second-order valence-corrected chi connectivity index (χ2v) is 5.52. The molecule has 2 N–H and O–H groups in total. The van der Waals surface area contributed by atoms with Crippen molar-refractivity contribution < 1.29 is 9.66 Å². The number of aromatic nitrogens is 4. The standard InChI is InChI=1S/C15H13ClN6O3/c1-9-6-14(21-20-9)18-13-7-12(16)17-15(19-13)25-8-10-2-4-11(5-3-10)22(23)24/h2-7H,8H2,1H3,(H2,17,18,19,20,21). The van der Waals surface area contributed by atoms with Crippen LogP contribution in [0.5, 0.6) is 6.01 Å². The summed E-state index contributed by atoms with van der Waals surface area (Å²) in [6.07, 6.45) is 0. The van der Waals surface area contributed by atoms with Crippen LogP contribution < -0.4 is 10.1 Å². The Hall–Kier alpha value is -3.20. The van der Waals surface area contributed by atoms with Crippen LogP contribution in [0, 0.1) is 17.0 Å². The molecule has 0 amide bonds. The van der Waals surface area contributed by atoms with Crippen molar-refractivity contribution in [3.05, 3.63) is 62.9 Å². The van der Waals surface area contributed by atoms with E-state index >= 15 is 0 Å². The van der Waals surface area contributed by atoms with Crippen LogP contribution in [0.1, 0.15) is 11.3 Å². The van der Waals surface area contributed by atoms with E-state index in [1.807, 2.05) is 13.0 Å². The number of nitrogens with zero attached hydrogens (tertiary/aromatic N) is 4. The zero-order valence-electron chi connectivity index (χ0n) is 13.1. The quantitative estimate of drug-likeness (QED) is 0.392. The van der Waals surface area contributed by atoms with Gasteiger partial charge in [0, 0.05) is 30.0 Å². The number of rotatable bonds is 6. The Morgan fingerprint density at radius 2 is 2.00 bits per heavy atom. The normalized spacial score (nSPS) is 10.5. The number of hydrogen-bond donors (Lipinski definition) is 2. The molecule has 0 radical (unpaired) electrons. The van der Waals surface area contributed by atoms with Crippen LogP contribution in [-0.4, -0.2) is 25.1 Å². The number of ether oxygens (including phenoxy) is 1. The van der Waals surface area contributed by atoms with Crippen LogP contribution in [0.2, 0.25) is 5.15 Å². The summed E-state index contributed by atoms with van der Waals surface area (Å²) in [6.45, 7) is 2.03. The van der Waals surface area contributed by atoms with Crippen molar-refractivity contribution in [2.24, 2.45) is 0 Å². The van der Waals surface area contributed by atoms with Crippen LogP contribution in [0.4, 0.5) is 17.3 Å². The summed E-state index contributed by atoms with van der Waals surface area (Å²) >= 11 is 5.98. The number of halogens is 1. The first-order chi connectivity index (χ1) is 12.0. The topological polar surface area (TPSA) is 119 Å². The third kappa shape index (κ3) is 4.42. The van der Waals surface area contributed by atoms with E-state index in [1.54, 1.807) is 18.2 Å². The zero-order valence-corrected chi connectivity index (χ0v) is 13.8. The molecule has 0 aliphatic rings. The number of hydrogen-bond acceptors (Lipinski definition) is 7. The van der Waals surface area contributed by atoms with Gasteiger partial charge in [-0.25, -0.2) is 0 Å². The third-order valence-corrected chi connectivity index (χ3v) is 3.35. The number of anilines is 2. The number of aromatic amines is 1. The van der Waals surface area contributed by atoms with E-state index in [0.29, 0.717) is 11.6 Å². The summed E-state index contributed by atoms with van der Waals surface area (Å²) in [7, 11) is 0. The molecule has 3 aromatic rings. The van der Waals surface area contributed by atoms with Gasteiger partial charge in [0.2, 0.25) is 0 Å². The molecule has 0 fully saturated rings. The molecule has 9 nitrogen and oxygen atoms in total. The lowest BCUT2D eigenvalue weighted by Gasteiger charge is -2.07. The molecule has 0 spiro atoms. The Kier molecular flexibility index (Phi) is 4.75. The van der Waals surface area contributed by atoms with Crippen molar-refractivity contribution in [2.75, 3.05) is 5.32 Å². The van der Waals surface area contributed by atoms with E-state index in [2.05, 4.69) is 25.5 Å². The van der Waals surface area contributed by atoms with Gasteiger partial charge in [-0.05, 0) is 24.6 Å². The van der Waals surface area contributed by atoms with Gasteiger partial charge in [0.15, 0.2) is 5.82 Å². The fourth-order valence-electron chi connectivity index (χ4n) is 2.00. The minimum atomic E-state index is -0.459. The lowest BCUT2D eigenvalue weighted by molar-refractivity contribution is -0.384. The van der Waals surface area contributed by atoms with Crippen LogP contribution >= 0.6 is 11.6 Å². The van der Waals surface area contributed by atoms with Gasteiger partial charge in [-0.2, -0.15) is 15.1 Å². The molecule has 0 unspecified atom stereocenters. The van der Waals surface area contributed by atoms with Crippen LogP contribution in [-0.2, 0) is 6.61 Å². The molecule has 2 heterocycles. The van der Waals surface area contributed by atoms with Crippen molar-refractivity contribution in [3.8, 4) is 6.01 Å². The molecule has 0 aliphatic heterocycles. The second-order valence-electron chi connectivity index (χ2n) is 5.13. The average molecular weight is 361 g/mol. The van der Waals surface area contributed by atoms with Crippen molar-refractivity contribution in [2.45, 2.75) is 13.5 Å². The largest absolute Gasteiger partial charge is 0.459 e. The first kappa shape index (κ1) is 16.7. The molecule has 0 atom stereocenters. The highest BCUT2D eigenvalue weighted by molar-refractivity contribution is 6.29. The minimum Gasteiger partial charge on any atom is -0.459 e. The number of aryl methyl sites for hydroxylation is 1. The Bertz CT molecular complexity index is 897. The van der Waals surface area contributed by atoms with Gasteiger partial charge >= 0.3 is 6.01 Å². The van der Waals surface area contributed by atoms with Gasteiger partial charge in [0.05, 0.1) is 4.92 Å². The monoisotopic (exact) mass is 360 g/mol. The van der Waals surface area contributed by atoms with Gasteiger partial charge in [0.25, 0.3) is 5.69 Å². The highest BCUT2D eigenvalue weighted by Gasteiger charge is 2.08. The second kappa shape index (κ2) is 7.14. The fourth-order valence-corrected chi connectivity index (χ4v) is 2.18. The summed E-state index contributed by atoms with van der Waals surface area (Å²) in [6, 6.07) is 9.47. The molecule has 0 bridgehead atoms. The molecular formula is C15H13ClN6O3. The van der Waals surface area contributed by atoms with Crippen molar-refractivity contribution in [1.82, 2.24) is 20.2 Å². The minimum absolute atomic E-state index is 0.0172. The van der Waals surface area contributed by atoms with Crippen LogP contribution in [0.25, 0.3) is 0 Å². The SMILES string of the molecule is Cc1cc(Nc2cc(Cl)nc(OCc3ccc([N+](=O)[O-])cc3)n2)n[nH]1. The predicted octanol–water partition coefficient (Wildman–Crippen LogP) is 3.39. The van der Waals surface area contributed by atoms with Crippen molar-refractivity contribution >= 4 is 28.9 Å². The molecule has 0 saturated heterocycles. The van der Waals surface area contributed by atoms with E-state index in [1.165, 1.54) is 12.1 Å². The number of benzene rings is 1. The maximum Gasteiger partial charge on any atom is 0.320 e. The molecule has 25 heavy (non-hydrogen) atoms. The smallest absolute Gasteiger partial charge is 0.320 e. The summed E-state index contributed by atoms with van der Waals surface area (Å²) in [5.74, 6) is 1.03. The molecular weight excluding hydrogens is 348 g/mol. The maximum absolute atomic E-state index is 10.6. The highest BCUT2D eigenvalue weighted by atomic mass is 35.5. The molecule has 128 valence electrons. The van der Waals surface area contributed by atoms with Crippen molar-refractivity contribution in [1.29, 1.82) is 0 Å². The molecule has 0 saturated carbocycles. The number of nitro benzene ring substituents is 1. The van der Waals surface area contributed by atoms with Crippen molar-refractivity contribution in [3.63, 3.8) is 0 Å². The molecule has 0 aliphatic carbocycles. The van der Waals surface area contributed by atoms with Gasteiger partial charge in [-0.3, -0.25) is 15.2 Å². The molecule has 10 heteroatoms. The summed E-state index contributed by atoms with van der Waals surface area (Å²) in [5.41, 5.74) is 1.66. The predicted molar refractivity (Wildman–Crippen MR) is 91.1 cm³/mol. The van der Waals surface area contributed by atoms with Gasteiger partial charge in [0.1, 0.15) is 17.6 Å². The van der Waals surface area contributed by atoms with Gasteiger partial charge in [-0.1, -0.05) is 11.6 Å². The van der Waals surface area contributed by atoms with Gasteiger partial charge < -0.3 is 10.1 Å². The summed E-state index contributed by atoms with van der Waals surface area (Å²) < 4.78 is 5.51. The fraction of sp³-hybridized carbons (Fsp3) is 0.133. The number of nitrogens with one attached hydrogen (secondary N) is 2. The van der Waals surface area contributed by atoms with E-state index in [4.69, 9.17) is 16.3 Å². The summed E-state index contributed by atoms with van der Waals surface area (Å²) in [5, 5.41) is 20.7. The number of H-pyrrole nitrogens is 1. The average Bonchev–Trinajstić information content (AvgIpc) is 2.97. The number of nitro groups is 1. The lowest BCUT2D eigenvalue weighted by Crippen LogP contribution is -2.02. The Labute approximate surface area is 147 Å². The van der Waals surface area contributed by atoms with Crippen LogP contribution in [0.3, 0.4) is 0 Å². The molecule has 2 aromatic heterocycles. The molecule has 3 rings (SSSR count). The zero-order chi connectivity index (χ0) is 17.8. The summed E-state index contributed by atoms with van der Waals surface area (Å²) in [4.78, 5) is 18.4. The van der Waals surface area contributed by atoms with E-state index in [0.717, 1.165) is 11.3 Å². The first-order valence-electron chi connectivity index (χ1n) is 7.19. The third-order valence-electron chi connectivity index (χ3n) is 3.15. The Morgan fingerprint density at radius 3 is 2.64 bits per heavy atom. The lowest BCUT2D eigenvalue weighted by atomic mass is 10.2. The number of non-ortho nitro benzene ring substituents is 1. The van der Waals surface area contributed by atoms with E-state index < -0.39 is 4.92 Å². The Morgan fingerprint density at radius 1 is 1.24 bits per heavy atom. The van der Waals surface area contributed by atoms with Crippen LogP contribution in [0.15, 0.2) is 36.4 Å². The maximum atomic E-state index is 10.6. The van der Waals surface area contributed by atoms with E-state index in [9.17, 15) is 10.1 Å². The first-order valence-corrected chi connectivity index (χ1v) is 7.57. The van der Waals surface area contributed by atoms with E-state index in [-0.39, 0.29) is 23.5 Å².